The van der Waals surface area contributed by atoms with Gasteiger partial charge in [0.05, 0.1) is 6.54 Å². The van der Waals surface area contributed by atoms with Crippen LogP contribution in [-0.2, 0) is 6.54 Å². The van der Waals surface area contributed by atoms with Crippen molar-refractivity contribution < 1.29 is 4.42 Å². The van der Waals surface area contributed by atoms with Gasteiger partial charge in [-0.05, 0) is 38.1 Å². The molecule has 0 atom stereocenters. The van der Waals surface area contributed by atoms with Crippen molar-refractivity contribution in [2.24, 2.45) is 0 Å². The minimum atomic E-state index is 0.276. The molecule has 1 aliphatic heterocycles. The summed E-state index contributed by atoms with van der Waals surface area (Å²) >= 11 is 0. The van der Waals surface area contributed by atoms with E-state index in [1.54, 1.807) is 0 Å². The standard InChI is InChI=1S/C17H22N6O/c1-12(2)17-21-19-15(24-17)11-22-9-6-13(7-10-22)16-20-18-14-5-3-4-8-23(14)16/h3-5,8,12-13H,6-7,9-11H2,1-2H3. The lowest BCUT2D eigenvalue weighted by Crippen LogP contribution is -2.33. The smallest absolute Gasteiger partial charge is 0.230 e. The summed E-state index contributed by atoms with van der Waals surface area (Å²) in [4.78, 5) is 2.37. The fourth-order valence-electron chi connectivity index (χ4n) is 3.24. The van der Waals surface area contributed by atoms with Crippen LogP contribution in [0.1, 0.15) is 56.1 Å². The quantitative estimate of drug-likeness (QED) is 0.734. The van der Waals surface area contributed by atoms with Crippen molar-refractivity contribution in [3.8, 4) is 0 Å². The van der Waals surface area contributed by atoms with Crippen molar-refractivity contribution in [2.75, 3.05) is 13.1 Å². The van der Waals surface area contributed by atoms with Gasteiger partial charge in [-0.15, -0.1) is 20.4 Å². The molecule has 3 aromatic rings. The van der Waals surface area contributed by atoms with Crippen molar-refractivity contribution in [1.29, 1.82) is 0 Å². The predicted molar refractivity (Wildman–Crippen MR) is 88.6 cm³/mol. The molecular formula is C17H22N6O. The minimum absolute atomic E-state index is 0.276. The zero-order chi connectivity index (χ0) is 16.5. The molecule has 1 saturated heterocycles. The van der Waals surface area contributed by atoms with Crippen LogP contribution in [0.2, 0.25) is 0 Å². The second-order valence-corrected chi connectivity index (χ2v) is 6.73. The van der Waals surface area contributed by atoms with Crippen LogP contribution in [-0.4, -0.2) is 42.8 Å². The van der Waals surface area contributed by atoms with E-state index in [-0.39, 0.29) is 5.92 Å². The first kappa shape index (κ1) is 15.3. The van der Waals surface area contributed by atoms with Crippen molar-refractivity contribution in [1.82, 2.24) is 29.7 Å². The van der Waals surface area contributed by atoms with Gasteiger partial charge in [-0.2, -0.15) is 0 Å². The van der Waals surface area contributed by atoms with E-state index >= 15 is 0 Å². The summed E-state index contributed by atoms with van der Waals surface area (Å²) in [7, 11) is 0. The molecular weight excluding hydrogens is 304 g/mol. The van der Waals surface area contributed by atoms with Crippen molar-refractivity contribution in [3.63, 3.8) is 0 Å². The maximum atomic E-state index is 5.71. The molecule has 0 spiro atoms. The number of hydrogen-bond acceptors (Lipinski definition) is 6. The monoisotopic (exact) mass is 326 g/mol. The van der Waals surface area contributed by atoms with Gasteiger partial charge in [0.2, 0.25) is 11.8 Å². The average Bonchev–Trinajstić information content (AvgIpc) is 3.23. The third-order valence-corrected chi connectivity index (χ3v) is 4.63. The molecule has 0 amide bonds. The number of aromatic nitrogens is 5. The molecule has 0 unspecified atom stereocenters. The number of rotatable bonds is 4. The van der Waals surface area contributed by atoms with E-state index in [9.17, 15) is 0 Å². The van der Waals surface area contributed by atoms with Crippen LogP contribution in [0.4, 0.5) is 0 Å². The lowest BCUT2D eigenvalue weighted by atomic mass is 9.96. The van der Waals surface area contributed by atoms with Gasteiger partial charge in [0.15, 0.2) is 5.65 Å². The van der Waals surface area contributed by atoms with Crippen LogP contribution < -0.4 is 0 Å². The Balaban J connectivity index is 1.39. The largest absolute Gasteiger partial charge is 0.424 e. The SMILES string of the molecule is CC(C)c1nnc(CN2CCC(c3nnc4ccccn34)CC2)o1. The summed E-state index contributed by atoms with van der Waals surface area (Å²) < 4.78 is 7.82. The predicted octanol–water partition coefficient (Wildman–Crippen LogP) is 2.62. The molecule has 1 aliphatic rings. The lowest BCUT2D eigenvalue weighted by Gasteiger charge is -2.30. The first-order chi connectivity index (χ1) is 11.7. The van der Waals surface area contributed by atoms with E-state index in [4.69, 9.17) is 4.42 Å². The Morgan fingerprint density at radius 2 is 1.96 bits per heavy atom. The molecule has 0 aromatic carbocycles. The number of fused-ring (bicyclic) bond motifs is 1. The van der Waals surface area contributed by atoms with E-state index in [0.717, 1.165) is 49.8 Å². The number of nitrogens with zero attached hydrogens (tertiary/aromatic N) is 6. The van der Waals surface area contributed by atoms with Crippen LogP contribution in [0.5, 0.6) is 0 Å². The summed E-state index contributed by atoms with van der Waals surface area (Å²) in [6.07, 6.45) is 4.19. The summed E-state index contributed by atoms with van der Waals surface area (Å²) in [6, 6.07) is 6.01. The molecule has 0 bridgehead atoms. The Bertz CT molecular complexity index is 815. The lowest BCUT2D eigenvalue weighted by molar-refractivity contribution is 0.183. The molecule has 0 radical (unpaired) electrons. The highest BCUT2D eigenvalue weighted by molar-refractivity contribution is 5.37. The van der Waals surface area contributed by atoms with Crippen molar-refractivity contribution in [2.45, 2.75) is 45.1 Å². The summed E-state index contributed by atoms with van der Waals surface area (Å²) in [6.45, 7) is 6.86. The third kappa shape index (κ3) is 2.91. The van der Waals surface area contributed by atoms with Gasteiger partial charge in [-0.1, -0.05) is 19.9 Å². The van der Waals surface area contributed by atoms with Gasteiger partial charge in [0.25, 0.3) is 0 Å². The number of likely N-dealkylation sites (tertiary alicyclic amines) is 1. The molecule has 4 rings (SSSR count). The number of piperidine rings is 1. The highest BCUT2D eigenvalue weighted by Gasteiger charge is 2.25. The van der Waals surface area contributed by atoms with E-state index in [1.165, 1.54) is 0 Å². The van der Waals surface area contributed by atoms with E-state index < -0.39 is 0 Å². The number of pyridine rings is 1. The first-order valence-corrected chi connectivity index (χ1v) is 8.55. The maximum absolute atomic E-state index is 5.71. The van der Waals surface area contributed by atoms with Crippen LogP contribution in [0, 0.1) is 0 Å². The second kappa shape index (κ2) is 6.32. The zero-order valence-corrected chi connectivity index (χ0v) is 14.1. The molecule has 7 nitrogen and oxygen atoms in total. The number of hydrogen-bond donors (Lipinski definition) is 0. The average molecular weight is 326 g/mol. The molecule has 4 heterocycles. The Morgan fingerprint density at radius 1 is 1.12 bits per heavy atom. The van der Waals surface area contributed by atoms with Gasteiger partial charge >= 0.3 is 0 Å². The maximum Gasteiger partial charge on any atom is 0.230 e. The minimum Gasteiger partial charge on any atom is -0.424 e. The van der Waals surface area contributed by atoms with E-state index in [0.29, 0.717) is 11.8 Å². The van der Waals surface area contributed by atoms with Gasteiger partial charge in [-0.25, -0.2) is 0 Å². The van der Waals surface area contributed by atoms with Crippen LogP contribution in [0.25, 0.3) is 5.65 Å². The molecule has 0 aliphatic carbocycles. The highest BCUT2D eigenvalue weighted by atomic mass is 16.4. The Morgan fingerprint density at radius 3 is 2.71 bits per heavy atom. The van der Waals surface area contributed by atoms with Gasteiger partial charge in [0, 0.05) is 18.0 Å². The van der Waals surface area contributed by atoms with Gasteiger partial charge < -0.3 is 4.42 Å². The Hall–Kier alpha value is -2.28. The van der Waals surface area contributed by atoms with Gasteiger partial charge in [-0.3, -0.25) is 9.30 Å². The molecule has 126 valence electrons. The summed E-state index contributed by atoms with van der Waals surface area (Å²) in [5, 5.41) is 16.9. The van der Waals surface area contributed by atoms with Crippen molar-refractivity contribution >= 4 is 5.65 Å². The van der Waals surface area contributed by atoms with Crippen molar-refractivity contribution in [3.05, 3.63) is 42.0 Å². The Kier molecular flexibility index (Phi) is 4.02. The van der Waals surface area contributed by atoms with E-state index in [2.05, 4.69) is 43.5 Å². The third-order valence-electron chi connectivity index (χ3n) is 4.63. The van der Waals surface area contributed by atoms with Crippen LogP contribution in [0.3, 0.4) is 0 Å². The molecule has 1 fully saturated rings. The zero-order valence-electron chi connectivity index (χ0n) is 14.1. The summed E-state index contributed by atoms with van der Waals surface area (Å²) in [5.74, 6) is 3.23. The second-order valence-electron chi connectivity index (χ2n) is 6.73. The van der Waals surface area contributed by atoms with E-state index in [1.807, 2.05) is 24.4 Å². The van der Waals surface area contributed by atoms with Crippen LogP contribution in [0.15, 0.2) is 28.8 Å². The summed E-state index contributed by atoms with van der Waals surface area (Å²) in [5.41, 5.74) is 0.919. The Labute approximate surface area is 140 Å². The fraction of sp³-hybridized carbons (Fsp3) is 0.529. The molecule has 7 heteroatoms. The fourth-order valence-corrected chi connectivity index (χ4v) is 3.24. The normalized spacial score (nSPS) is 17.1. The topological polar surface area (TPSA) is 72.4 Å². The molecule has 24 heavy (non-hydrogen) atoms. The highest BCUT2D eigenvalue weighted by Crippen LogP contribution is 2.27. The molecule has 0 saturated carbocycles. The molecule has 0 N–H and O–H groups in total. The molecule has 3 aromatic heterocycles. The van der Waals surface area contributed by atoms with Gasteiger partial charge in [0.1, 0.15) is 5.82 Å². The van der Waals surface area contributed by atoms with Crippen LogP contribution >= 0.6 is 0 Å². The first-order valence-electron chi connectivity index (χ1n) is 8.55.